The molecule has 1 aromatic carbocycles. The molecule has 1 rings (SSSR count). The SMILES string of the molecule is COCCCOc1cccc(NC(=O)[C@H](C)N)c1. The average Bonchev–Trinajstić information content (AvgIpc) is 2.35. The first-order valence-electron chi connectivity index (χ1n) is 5.91. The van der Waals surface area contributed by atoms with E-state index in [4.69, 9.17) is 15.2 Å². The molecule has 0 aliphatic rings. The Morgan fingerprint density at radius 3 is 2.89 bits per heavy atom. The summed E-state index contributed by atoms with van der Waals surface area (Å²) in [5.74, 6) is 0.500. The molecular formula is C13H20N2O3. The summed E-state index contributed by atoms with van der Waals surface area (Å²) in [6, 6.07) is 6.70. The molecule has 0 fully saturated rings. The molecule has 1 aromatic rings. The smallest absolute Gasteiger partial charge is 0.241 e. The first-order valence-corrected chi connectivity index (χ1v) is 5.91. The Morgan fingerprint density at radius 2 is 2.22 bits per heavy atom. The largest absolute Gasteiger partial charge is 0.493 e. The third-order valence-electron chi connectivity index (χ3n) is 2.28. The van der Waals surface area contributed by atoms with E-state index in [1.54, 1.807) is 26.2 Å². The molecule has 5 heteroatoms. The van der Waals surface area contributed by atoms with Crippen molar-refractivity contribution in [2.75, 3.05) is 25.6 Å². The van der Waals surface area contributed by atoms with Gasteiger partial charge in [0.2, 0.25) is 5.91 Å². The second kappa shape index (κ2) is 7.68. The highest BCUT2D eigenvalue weighted by Gasteiger charge is 2.07. The normalized spacial score (nSPS) is 11.9. The zero-order valence-corrected chi connectivity index (χ0v) is 10.8. The number of nitrogens with one attached hydrogen (secondary N) is 1. The summed E-state index contributed by atoms with van der Waals surface area (Å²) in [6.45, 7) is 2.89. The summed E-state index contributed by atoms with van der Waals surface area (Å²) in [5.41, 5.74) is 6.16. The van der Waals surface area contributed by atoms with Gasteiger partial charge in [-0.25, -0.2) is 0 Å². The van der Waals surface area contributed by atoms with Gasteiger partial charge in [0, 0.05) is 31.9 Å². The lowest BCUT2D eigenvalue weighted by Gasteiger charge is -2.10. The van der Waals surface area contributed by atoms with Gasteiger partial charge in [0.05, 0.1) is 12.6 Å². The third-order valence-corrected chi connectivity index (χ3v) is 2.28. The standard InChI is InChI=1S/C13H20N2O3/c1-10(14)13(16)15-11-5-3-6-12(9-11)18-8-4-7-17-2/h3,5-6,9-10H,4,7-8,14H2,1-2H3,(H,15,16)/t10-/m0/s1. The maximum atomic E-state index is 11.4. The minimum atomic E-state index is -0.531. The number of carbonyl (C=O) groups excluding carboxylic acids is 1. The van der Waals surface area contributed by atoms with Gasteiger partial charge in [-0.15, -0.1) is 0 Å². The van der Waals surface area contributed by atoms with Crippen LogP contribution in [0, 0.1) is 0 Å². The highest BCUT2D eigenvalue weighted by atomic mass is 16.5. The van der Waals surface area contributed by atoms with E-state index < -0.39 is 6.04 Å². The minimum absolute atomic E-state index is 0.216. The molecule has 3 N–H and O–H groups in total. The van der Waals surface area contributed by atoms with Gasteiger partial charge in [-0.05, 0) is 19.1 Å². The van der Waals surface area contributed by atoms with E-state index in [1.165, 1.54) is 0 Å². The van der Waals surface area contributed by atoms with E-state index in [2.05, 4.69) is 5.32 Å². The summed E-state index contributed by atoms with van der Waals surface area (Å²) in [7, 11) is 1.66. The summed E-state index contributed by atoms with van der Waals surface area (Å²) in [5, 5.41) is 2.71. The molecule has 100 valence electrons. The van der Waals surface area contributed by atoms with Gasteiger partial charge in [0.15, 0.2) is 0 Å². The van der Waals surface area contributed by atoms with E-state index in [0.29, 0.717) is 24.7 Å². The Balaban J connectivity index is 2.49. The Labute approximate surface area is 107 Å². The van der Waals surface area contributed by atoms with Crippen molar-refractivity contribution >= 4 is 11.6 Å². The molecule has 0 radical (unpaired) electrons. The molecule has 0 saturated heterocycles. The molecule has 0 spiro atoms. The van der Waals surface area contributed by atoms with E-state index in [1.807, 2.05) is 12.1 Å². The predicted octanol–water partition coefficient (Wildman–Crippen LogP) is 1.39. The molecule has 0 heterocycles. The highest BCUT2D eigenvalue weighted by Crippen LogP contribution is 2.17. The van der Waals surface area contributed by atoms with Gasteiger partial charge in [0.25, 0.3) is 0 Å². The van der Waals surface area contributed by atoms with Crippen LogP contribution in [0.4, 0.5) is 5.69 Å². The molecule has 0 saturated carbocycles. The molecule has 0 aromatic heterocycles. The van der Waals surface area contributed by atoms with Crippen molar-refractivity contribution in [2.24, 2.45) is 5.73 Å². The van der Waals surface area contributed by atoms with Crippen molar-refractivity contribution in [1.82, 2.24) is 0 Å². The fourth-order valence-corrected chi connectivity index (χ4v) is 1.31. The molecule has 1 amide bonds. The van der Waals surface area contributed by atoms with E-state index in [-0.39, 0.29) is 5.91 Å². The van der Waals surface area contributed by atoms with Crippen LogP contribution in [-0.2, 0) is 9.53 Å². The first-order chi connectivity index (χ1) is 8.63. The number of carbonyl (C=O) groups is 1. The monoisotopic (exact) mass is 252 g/mol. The molecule has 18 heavy (non-hydrogen) atoms. The Bertz CT molecular complexity index is 380. The molecule has 0 bridgehead atoms. The number of ether oxygens (including phenoxy) is 2. The second-order valence-corrected chi connectivity index (χ2v) is 4.00. The van der Waals surface area contributed by atoms with Gasteiger partial charge in [-0.3, -0.25) is 4.79 Å². The van der Waals surface area contributed by atoms with Crippen molar-refractivity contribution in [2.45, 2.75) is 19.4 Å². The number of methoxy groups -OCH3 is 1. The summed E-state index contributed by atoms with van der Waals surface area (Å²) in [6.07, 6.45) is 0.826. The molecular weight excluding hydrogens is 232 g/mol. The maximum Gasteiger partial charge on any atom is 0.241 e. The lowest BCUT2D eigenvalue weighted by molar-refractivity contribution is -0.117. The summed E-state index contributed by atoms with van der Waals surface area (Å²) < 4.78 is 10.5. The Hall–Kier alpha value is -1.59. The van der Waals surface area contributed by atoms with Crippen LogP contribution in [0.3, 0.4) is 0 Å². The van der Waals surface area contributed by atoms with Crippen LogP contribution in [0.25, 0.3) is 0 Å². The van der Waals surface area contributed by atoms with Crippen LogP contribution in [-0.4, -0.2) is 32.3 Å². The fourth-order valence-electron chi connectivity index (χ4n) is 1.31. The molecule has 5 nitrogen and oxygen atoms in total. The van der Waals surface area contributed by atoms with Gasteiger partial charge < -0.3 is 20.5 Å². The van der Waals surface area contributed by atoms with Crippen molar-refractivity contribution in [1.29, 1.82) is 0 Å². The van der Waals surface area contributed by atoms with Gasteiger partial charge in [-0.1, -0.05) is 6.07 Å². The Kier molecular flexibility index (Phi) is 6.18. The molecule has 1 atom stereocenters. The van der Waals surface area contributed by atoms with Gasteiger partial charge in [0.1, 0.15) is 5.75 Å². The third kappa shape index (κ3) is 5.16. The van der Waals surface area contributed by atoms with E-state index >= 15 is 0 Å². The zero-order chi connectivity index (χ0) is 13.4. The maximum absolute atomic E-state index is 11.4. The second-order valence-electron chi connectivity index (χ2n) is 4.00. The van der Waals surface area contributed by atoms with Crippen LogP contribution in [0.5, 0.6) is 5.75 Å². The quantitative estimate of drug-likeness (QED) is 0.719. The van der Waals surface area contributed by atoms with Gasteiger partial charge >= 0.3 is 0 Å². The number of hydrogen-bond donors (Lipinski definition) is 2. The van der Waals surface area contributed by atoms with E-state index in [9.17, 15) is 4.79 Å². The molecule has 0 aliphatic heterocycles. The Morgan fingerprint density at radius 1 is 1.44 bits per heavy atom. The number of rotatable bonds is 7. The number of hydrogen-bond acceptors (Lipinski definition) is 4. The highest BCUT2D eigenvalue weighted by molar-refractivity contribution is 5.94. The van der Waals surface area contributed by atoms with Crippen molar-refractivity contribution in [3.63, 3.8) is 0 Å². The van der Waals surface area contributed by atoms with E-state index in [0.717, 1.165) is 6.42 Å². The zero-order valence-electron chi connectivity index (χ0n) is 10.8. The number of nitrogens with two attached hydrogens (primary N) is 1. The predicted molar refractivity (Wildman–Crippen MR) is 70.7 cm³/mol. The van der Waals surface area contributed by atoms with Crippen molar-refractivity contribution in [3.8, 4) is 5.75 Å². The van der Waals surface area contributed by atoms with Crippen molar-refractivity contribution in [3.05, 3.63) is 24.3 Å². The number of anilines is 1. The summed E-state index contributed by atoms with van der Waals surface area (Å²) in [4.78, 5) is 11.4. The fraction of sp³-hybridized carbons (Fsp3) is 0.462. The summed E-state index contributed by atoms with van der Waals surface area (Å²) >= 11 is 0. The lowest BCUT2D eigenvalue weighted by Crippen LogP contribution is -2.32. The number of amides is 1. The lowest BCUT2D eigenvalue weighted by atomic mass is 10.2. The molecule has 0 unspecified atom stereocenters. The van der Waals surface area contributed by atoms with Crippen LogP contribution in [0.15, 0.2) is 24.3 Å². The van der Waals surface area contributed by atoms with Crippen molar-refractivity contribution < 1.29 is 14.3 Å². The molecule has 0 aliphatic carbocycles. The average molecular weight is 252 g/mol. The minimum Gasteiger partial charge on any atom is -0.493 e. The van der Waals surface area contributed by atoms with Crippen LogP contribution < -0.4 is 15.8 Å². The van der Waals surface area contributed by atoms with Gasteiger partial charge in [-0.2, -0.15) is 0 Å². The first kappa shape index (κ1) is 14.5. The topological polar surface area (TPSA) is 73.6 Å². The number of benzene rings is 1. The van der Waals surface area contributed by atoms with Crippen LogP contribution in [0.1, 0.15) is 13.3 Å². The van der Waals surface area contributed by atoms with Crippen LogP contribution in [0.2, 0.25) is 0 Å². The van der Waals surface area contributed by atoms with Crippen LogP contribution >= 0.6 is 0 Å².